The van der Waals surface area contributed by atoms with Crippen molar-refractivity contribution in [1.29, 1.82) is 0 Å². The molecule has 9 heteroatoms. The van der Waals surface area contributed by atoms with Crippen molar-refractivity contribution in [3.05, 3.63) is 34.9 Å². The Morgan fingerprint density at radius 2 is 1.69 bits per heavy atom. The Morgan fingerprint density at radius 3 is 2.25 bits per heavy atom. The van der Waals surface area contributed by atoms with E-state index in [-0.39, 0.29) is 23.9 Å². The van der Waals surface area contributed by atoms with Gasteiger partial charge in [0.2, 0.25) is 5.91 Å². The van der Waals surface area contributed by atoms with E-state index in [4.69, 9.17) is 16.7 Å². The van der Waals surface area contributed by atoms with Crippen LogP contribution in [0.1, 0.15) is 71.3 Å². The third-order valence-electron chi connectivity index (χ3n) is 7.42. The smallest absolute Gasteiger partial charge is 0.317 e. The highest BCUT2D eigenvalue weighted by atomic mass is 35.5. The van der Waals surface area contributed by atoms with Crippen molar-refractivity contribution in [3.8, 4) is 0 Å². The van der Waals surface area contributed by atoms with E-state index in [0.29, 0.717) is 43.3 Å². The fraction of sp³-hybridized carbons (Fsp3) is 0.667. The van der Waals surface area contributed by atoms with Crippen LogP contribution in [0.5, 0.6) is 0 Å². The van der Waals surface area contributed by atoms with Gasteiger partial charge in [-0.15, -0.1) is 0 Å². The van der Waals surface area contributed by atoms with Gasteiger partial charge in [0.15, 0.2) is 0 Å². The number of carbonyl (C=O) groups is 3. The zero-order valence-electron chi connectivity index (χ0n) is 21.7. The summed E-state index contributed by atoms with van der Waals surface area (Å²) >= 11 is 5.97. The summed E-state index contributed by atoms with van der Waals surface area (Å²) in [6.07, 6.45) is 7.42. The molecule has 1 aliphatic carbocycles. The van der Waals surface area contributed by atoms with Crippen molar-refractivity contribution in [2.75, 3.05) is 19.6 Å². The Bertz CT molecular complexity index is 901. The van der Waals surface area contributed by atoms with Gasteiger partial charge in [0.25, 0.3) is 5.91 Å². The topological polar surface area (TPSA) is 111 Å². The number of hydrogen-bond donors (Lipinski definition) is 4. The molecular weight excluding hydrogens is 480 g/mol. The highest BCUT2D eigenvalue weighted by Gasteiger charge is 2.48. The minimum absolute atomic E-state index is 0.136. The summed E-state index contributed by atoms with van der Waals surface area (Å²) in [7, 11) is 0. The van der Waals surface area contributed by atoms with Gasteiger partial charge in [-0.05, 0) is 76.5 Å². The third kappa shape index (κ3) is 7.92. The summed E-state index contributed by atoms with van der Waals surface area (Å²) in [6.45, 7) is 6.88. The molecule has 3 rings (SSSR count). The standard InChI is InChI=1S/C27H41ClN4O4/c1-26(2,3)30-25(36)27(20-7-5-4-6-8-20)13-15-32(16-14-27)31-24(35)22(29-18-23(33)34)17-19-9-11-21(28)12-10-19/h9-12,20,22,29H,4-8,13-18H2,1-3H3,(H,30,36)(H,31,35)(H,33,34)/t22-/m1/s1. The van der Waals surface area contributed by atoms with Gasteiger partial charge in [0.1, 0.15) is 0 Å². The second-order valence-corrected chi connectivity index (χ2v) is 11.8. The van der Waals surface area contributed by atoms with Crippen LogP contribution >= 0.6 is 11.6 Å². The second kappa shape index (κ2) is 12.4. The number of carboxylic acids is 1. The van der Waals surface area contributed by atoms with E-state index in [2.05, 4.69) is 16.1 Å². The maximum Gasteiger partial charge on any atom is 0.317 e. The fourth-order valence-corrected chi connectivity index (χ4v) is 5.64. The molecule has 0 unspecified atom stereocenters. The van der Waals surface area contributed by atoms with Crippen molar-refractivity contribution < 1.29 is 19.5 Å². The minimum atomic E-state index is -1.02. The van der Waals surface area contributed by atoms with Crippen LogP contribution in [0.25, 0.3) is 0 Å². The fourth-order valence-electron chi connectivity index (χ4n) is 5.52. The number of halogens is 1. The van der Waals surface area contributed by atoms with Gasteiger partial charge in [0, 0.05) is 23.7 Å². The SMILES string of the molecule is CC(C)(C)NC(=O)C1(C2CCCCC2)CCN(NC(=O)[C@@H](Cc2ccc(Cl)cc2)NCC(=O)O)CC1. The highest BCUT2D eigenvalue weighted by molar-refractivity contribution is 6.30. The Morgan fingerprint density at radius 1 is 1.08 bits per heavy atom. The normalized spacial score (nSPS) is 19.9. The number of aliphatic carboxylic acids is 1. The molecule has 8 nitrogen and oxygen atoms in total. The molecule has 0 spiro atoms. The number of carbonyl (C=O) groups excluding carboxylic acids is 2. The number of benzene rings is 1. The number of nitrogens with one attached hydrogen (secondary N) is 3. The maximum absolute atomic E-state index is 13.6. The molecule has 1 heterocycles. The average Bonchev–Trinajstić information content (AvgIpc) is 2.82. The lowest BCUT2D eigenvalue weighted by molar-refractivity contribution is -0.143. The molecule has 0 bridgehead atoms. The van der Waals surface area contributed by atoms with Gasteiger partial charge in [0.05, 0.1) is 18.0 Å². The molecule has 4 N–H and O–H groups in total. The van der Waals surface area contributed by atoms with E-state index in [0.717, 1.165) is 31.2 Å². The summed E-state index contributed by atoms with van der Waals surface area (Å²) in [5.74, 6) is -0.808. The molecule has 2 fully saturated rings. The first-order chi connectivity index (χ1) is 17.0. The van der Waals surface area contributed by atoms with E-state index in [1.165, 1.54) is 6.42 Å². The first kappa shape index (κ1) is 28.4. The maximum atomic E-state index is 13.6. The molecule has 1 saturated heterocycles. The van der Waals surface area contributed by atoms with Gasteiger partial charge in [-0.2, -0.15) is 0 Å². The number of carboxylic acid groups (broad SMARTS) is 1. The van der Waals surface area contributed by atoms with Crippen LogP contribution in [0.15, 0.2) is 24.3 Å². The Labute approximate surface area is 219 Å². The van der Waals surface area contributed by atoms with E-state index < -0.39 is 17.4 Å². The van der Waals surface area contributed by atoms with Crippen LogP contribution in [-0.2, 0) is 20.8 Å². The molecule has 1 saturated carbocycles. The summed E-state index contributed by atoms with van der Waals surface area (Å²) in [5.41, 5.74) is 3.15. The largest absolute Gasteiger partial charge is 0.480 e. The molecule has 2 aliphatic rings. The lowest BCUT2D eigenvalue weighted by Gasteiger charge is -2.47. The van der Waals surface area contributed by atoms with Gasteiger partial charge in [-0.1, -0.05) is 43.0 Å². The van der Waals surface area contributed by atoms with E-state index in [9.17, 15) is 14.4 Å². The molecule has 200 valence electrons. The first-order valence-corrected chi connectivity index (χ1v) is 13.4. The molecule has 0 radical (unpaired) electrons. The summed E-state index contributed by atoms with van der Waals surface area (Å²) < 4.78 is 0. The van der Waals surface area contributed by atoms with Crippen molar-refractivity contribution in [2.24, 2.45) is 11.3 Å². The molecule has 1 aromatic carbocycles. The van der Waals surface area contributed by atoms with Crippen molar-refractivity contribution in [1.82, 2.24) is 21.1 Å². The lowest BCUT2D eigenvalue weighted by atomic mass is 9.63. The third-order valence-corrected chi connectivity index (χ3v) is 7.67. The Hall–Kier alpha value is -2.16. The van der Waals surface area contributed by atoms with Crippen LogP contribution in [0.3, 0.4) is 0 Å². The number of piperidine rings is 1. The molecule has 1 atom stereocenters. The summed E-state index contributed by atoms with van der Waals surface area (Å²) in [6, 6.07) is 6.45. The number of hydrazine groups is 1. The molecule has 1 aliphatic heterocycles. The predicted molar refractivity (Wildman–Crippen MR) is 140 cm³/mol. The molecule has 0 aromatic heterocycles. The zero-order chi connectivity index (χ0) is 26.3. The summed E-state index contributed by atoms with van der Waals surface area (Å²) in [5, 5.41) is 17.7. The second-order valence-electron chi connectivity index (χ2n) is 11.3. The number of hydrogen-bond acceptors (Lipinski definition) is 5. The van der Waals surface area contributed by atoms with Gasteiger partial charge in [-0.3, -0.25) is 25.1 Å². The Kier molecular flexibility index (Phi) is 9.78. The van der Waals surface area contributed by atoms with Gasteiger partial charge < -0.3 is 10.4 Å². The monoisotopic (exact) mass is 520 g/mol. The van der Waals surface area contributed by atoms with Crippen molar-refractivity contribution in [3.63, 3.8) is 0 Å². The van der Waals surface area contributed by atoms with Crippen molar-refractivity contribution >= 4 is 29.4 Å². The van der Waals surface area contributed by atoms with Gasteiger partial charge in [-0.25, -0.2) is 5.01 Å². The minimum Gasteiger partial charge on any atom is -0.480 e. The van der Waals surface area contributed by atoms with Crippen LogP contribution in [0.4, 0.5) is 0 Å². The number of nitrogens with zero attached hydrogens (tertiary/aromatic N) is 1. The molecule has 2 amide bonds. The van der Waals surface area contributed by atoms with Gasteiger partial charge >= 0.3 is 5.97 Å². The van der Waals surface area contributed by atoms with E-state index in [1.54, 1.807) is 12.1 Å². The number of rotatable bonds is 9. The quantitative estimate of drug-likeness (QED) is 0.396. The van der Waals surface area contributed by atoms with Crippen LogP contribution in [-0.4, -0.2) is 59.1 Å². The molecule has 36 heavy (non-hydrogen) atoms. The zero-order valence-corrected chi connectivity index (χ0v) is 22.5. The molecule has 1 aromatic rings. The first-order valence-electron chi connectivity index (χ1n) is 13.1. The van der Waals surface area contributed by atoms with E-state index >= 15 is 0 Å². The average molecular weight is 521 g/mol. The van der Waals surface area contributed by atoms with Crippen molar-refractivity contribution in [2.45, 2.75) is 83.7 Å². The molecular formula is C27H41ClN4O4. The predicted octanol–water partition coefficient (Wildman–Crippen LogP) is 3.53. The van der Waals surface area contributed by atoms with Crippen LogP contribution < -0.4 is 16.1 Å². The lowest BCUT2D eigenvalue weighted by Crippen LogP contribution is -2.60. The Balaban J connectivity index is 1.66. The van der Waals surface area contributed by atoms with Crippen LogP contribution in [0, 0.1) is 11.3 Å². The number of amides is 2. The van der Waals surface area contributed by atoms with E-state index in [1.807, 2.05) is 37.9 Å². The summed E-state index contributed by atoms with van der Waals surface area (Å²) in [4.78, 5) is 37.9. The van der Waals surface area contributed by atoms with Crippen LogP contribution in [0.2, 0.25) is 5.02 Å². The highest BCUT2D eigenvalue weighted by Crippen LogP contribution is 2.46.